The number of carbonyl (C=O) groups is 1. The van der Waals surface area contributed by atoms with Gasteiger partial charge in [0, 0.05) is 0 Å². The van der Waals surface area contributed by atoms with Gasteiger partial charge in [-0.1, -0.05) is 56.2 Å². The second-order valence-corrected chi connectivity index (χ2v) is 5.24. The van der Waals surface area contributed by atoms with Gasteiger partial charge in [-0.05, 0) is 36.6 Å². The summed E-state index contributed by atoms with van der Waals surface area (Å²) >= 11 is 0. The Morgan fingerprint density at radius 2 is 1.85 bits per heavy atom. The lowest BCUT2D eigenvalue weighted by atomic mass is 10.0. The van der Waals surface area contributed by atoms with Gasteiger partial charge in [0.05, 0.1) is 11.7 Å². The van der Waals surface area contributed by atoms with E-state index in [1.807, 2.05) is 49.4 Å². The van der Waals surface area contributed by atoms with Crippen molar-refractivity contribution in [2.24, 2.45) is 0 Å². The largest absolute Gasteiger partial charge is 0.459 e. The molecule has 2 rings (SSSR count). The molecular weight excluding hydrogens is 248 g/mol. The summed E-state index contributed by atoms with van der Waals surface area (Å²) in [7, 11) is 0. The number of carbonyl (C=O) groups excluding carboxylic acids is 1. The van der Waals surface area contributed by atoms with Gasteiger partial charge >= 0.3 is 5.97 Å². The van der Waals surface area contributed by atoms with Crippen molar-refractivity contribution in [3.63, 3.8) is 0 Å². The number of fused-ring (bicyclic) bond motifs is 1. The van der Waals surface area contributed by atoms with Crippen LogP contribution in [0.2, 0.25) is 0 Å². The van der Waals surface area contributed by atoms with Crippen molar-refractivity contribution in [1.29, 1.82) is 0 Å². The summed E-state index contributed by atoms with van der Waals surface area (Å²) < 4.78 is 5.55. The summed E-state index contributed by atoms with van der Waals surface area (Å²) in [5, 5.41) is 2.03. The maximum absolute atomic E-state index is 12.3. The van der Waals surface area contributed by atoms with Crippen LogP contribution >= 0.6 is 0 Å². The first kappa shape index (κ1) is 14.6. The summed E-state index contributed by atoms with van der Waals surface area (Å²) in [6.45, 7) is 4.14. The molecule has 0 amide bonds. The third kappa shape index (κ3) is 3.60. The number of unbranched alkanes of at least 4 members (excludes halogenated alkanes) is 2. The van der Waals surface area contributed by atoms with E-state index in [0.29, 0.717) is 5.56 Å². The lowest BCUT2D eigenvalue weighted by Crippen LogP contribution is -2.15. The van der Waals surface area contributed by atoms with Crippen LogP contribution in [0.1, 0.15) is 49.9 Å². The lowest BCUT2D eigenvalue weighted by Gasteiger charge is -2.14. The van der Waals surface area contributed by atoms with Gasteiger partial charge in [-0.2, -0.15) is 0 Å². The molecule has 0 aliphatic rings. The van der Waals surface area contributed by atoms with Crippen LogP contribution in [0.25, 0.3) is 10.8 Å². The van der Waals surface area contributed by atoms with Crippen LogP contribution < -0.4 is 0 Å². The maximum Gasteiger partial charge on any atom is 0.339 e. The smallest absolute Gasteiger partial charge is 0.339 e. The van der Waals surface area contributed by atoms with Crippen LogP contribution in [0.3, 0.4) is 0 Å². The summed E-state index contributed by atoms with van der Waals surface area (Å²) in [4.78, 5) is 12.3. The Hall–Kier alpha value is -1.83. The molecule has 0 radical (unpaired) electrons. The Morgan fingerprint density at radius 3 is 2.65 bits per heavy atom. The van der Waals surface area contributed by atoms with Gasteiger partial charge in [-0.25, -0.2) is 4.79 Å². The van der Waals surface area contributed by atoms with Crippen molar-refractivity contribution in [2.45, 2.75) is 45.6 Å². The topological polar surface area (TPSA) is 26.3 Å². The fourth-order valence-electron chi connectivity index (χ4n) is 2.39. The van der Waals surface area contributed by atoms with Gasteiger partial charge in [-0.15, -0.1) is 0 Å². The summed E-state index contributed by atoms with van der Waals surface area (Å²) in [6, 6.07) is 13.7. The molecule has 0 N–H and O–H groups in total. The Bertz CT molecular complexity index is 569. The number of ether oxygens (including phenoxy) is 1. The van der Waals surface area contributed by atoms with Crippen molar-refractivity contribution < 1.29 is 9.53 Å². The molecule has 106 valence electrons. The molecule has 20 heavy (non-hydrogen) atoms. The van der Waals surface area contributed by atoms with E-state index in [9.17, 15) is 4.79 Å². The highest BCUT2D eigenvalue weighted by Crippen LogP contribution is 2.20. The number of hydrogen-bond donors (Lipinski definition) is 0. The van der Waals surface area contributed by atoms with Gasteiger partial charge in [0.15, 0.2) is 0 Å². The molecule has 2 aromatic carbocycles. The van der Waals surface area contributed by atoms with E-state index in [-0.39, 0.29) is 12.1 Å². The van der Waals surface area contributed by atoms with Gasteiger partial charge in [0.25, 0.3) is 0 Å². The van der Waals surface area contributed by atoms with Crippen molar-refractivity contribution in [2.75, 3.05) is 0 Å². The number of rotatable bonds is 6. The summed E-state index contributed by atoms with van der Waals surface area (Å²) in [6.07, 6.45) is 4.40. The van der Waals surface area contributed by atoms with Gasteiger partial charge < -0.3 is 4.74 Å². The van der Waals surface area contributed by atoms with Crippen LogP contribution in [0, 0.1) is 0 Å². The molecule has 0 aromatic heterocycles. The third-order valence-electron chi connectivity index (χ3n) is 3.53. The molecule has 2 heteroatoms. The maximum atomic E-state index is 12.3. The fraction of sp³-hybridized carbons (Fsp3) is 0.389. The monoisotopic (exact) mass is 270 g/mol. The normalized spacial score (nSPS) is 12.3. The summed E-state index contributed by atoms with van der Waals surface area (Å²) in [5.41, 5.74) is 0.658. The third-order valence-corrected chi connectivity index (χ3v) is 3.53. The Kier molecular flexibility index (Phi) is 5.16. The molecule has 0 heterocycles. The average Bonchev–Trinajstić information content (AvgIpc) is 2.47. The zero-order chi connectivity index (χ0) is 14.4. The zero-order valence-electron chi connectivity index (χ0n) is 12.3. The van der Waals surface area contributed by atoms with Crippen LogP contribution in [0.5, 0.6) is 0 Å². The predicted molar refractivity (Wildman–Crippen MR) is 83.0 cm³/mol. The highest BCUT2D eigenvalue weighted by Gasteiger charge is 2.14. The number of hydrogen-bond acceptors (Lipinski definition) is 2. The van der Waals surface area contributed by atoms with E-state index in [4.69, 9.17) is 4.74 Å². The Labute approximate surface area is 120 Å². The molecule has 0 aliphatic carbocycles. The van der Waals surface area contributed by atoms with E-state index in [0.717, 1.165) is 23.6 Å². The molecule has 0 aliphatic heterocycles. The van der Waals surface area contributed by atoms with Crippen LogP contribution in [-0.2, 0) is 4.74 Å². The molecule has 0 spiro atoms. The fourth-order valence-corrected chi connectivity index (χ4v) is 2.39. The number of benzene rings is 2. The molecule has 0 saturated carbocycles. The molecule has 0 saturated heterocycles. The minimum Gasteiger partial charge on any atom is -0.459 e. The van der Waals surface area contributed by atoms with Crippen molar-refractivity contribution in [1.82, 2.24) is 0 Å². The van der Waals surface area contributed by atoms with E-state index in [1.165, 1.54) is 12.8 Å². The molecule has 0 unspecified atom stereocenters. The standard InChI is InChI=1S/C18H22O2/c1-3-4-5-9-14(2)20-18(19)17-13-8-11-15-10-6-7-12-16(15)17/h6-8,10-14H,3-5,9H2,1-2H3/t14-/m0/s1. The van der Waals surface area contributed by atoms with Crippen LogP contribution in [0.4, 0.5) is 0 Å². The first-order valence-electron chi connectivity index (χ1n) is 7.41. The highest BCUT2D eigenvalue weighted by atomic mass is 16.5. The van der Waals surface area contributed by atoms with Gasteiger partial charge in [0.2, 0.25) is 0 Å². The minimum absolute atomic E-state index is 0.0204. The second kappa shape index (κ2) is 7.09. The van der Waals surface area contributed by atoms with Crippen molar-refractivity contribution >= 4 is 16.7 Å². The lowest BCUT2D eigenvalue weighted by molar-refractivity contribution is 0.0322. The quantitative estimate of drug-likeness (QED) is 0.547. The molecule has 2 nitrogen and oxygen atoms in total. The molecule has 1 atom stereocenters. The second-order valence-electron chi connectivity index (χ2n) is 5.24. The van der Waals surface area contributed by atoms with Crippen molar-refractivity contribution in [3.05, 3.63) is 48.0 Å². The Balaban J connectivity index is 2.08. The van der Waals surface area contributed by atoms with Gasteiger partial charge in [0.1, 0.15) is 0 Å². The first-order valence-corrected chi connectivity index (χ1v) is 7.41. The SMILES string of the molecule is CCCCC[C@H](C)OC(=O)c1cccc2ccccc12. The van der Waals surface area contributed by atoms with E-state index >= 15 is 0 Å². The average molecular weight is 270 g/mol. The Morgan fingerprint density at radius 1 is 1.10 bits per heavy atom. The molecule has 0 bridgehead atoms. The zero-order valence-corrected chi connectivity index (χ0v) is 12.3. The highest BCUT2D eigenvalue weighted by molar-refractivity contribution is 6.04. The van der Waals surface area contributed by atoms with E-state index in [2.05, 4.69) is 6.92 Å². The predicted octanol–water partition coefficient (Wildman–Crippen LogP) is 4.97. The van der Waals surface area contributed by atoms with E-state index < -0.39 is 0 Å². The number of esters is 1. The van der Waals surface area contributed by atoms with Crippen molar-refractivity contribution in [3.8, 4) is 0 Å². The van der Waals surface area contributed by atoms with E-state index in [1.54, 1.807) is 0 Å². The molecule has 2 aromatic rings. The van der Waals surface area contributed by atoms with Crippen LogP contribution in [-0.4, -0.2) is 12.1 Å². The summed E-state index contributed by atoms with van der Waals surface area (Å²) in [5.74, 6) is -0.217. The molecule has 0 fully saturated rings. The first-order chi connectivity index (χ1) is 9.72. The van der Waals surface area contributed by atoms with Crippen LogP contribution in [0.15, 0.2) is 42.5 Å². The minimum atomic E-state index is -0.217. The molecular formula is C18H22O2. The van der Waals surface area contributed by atoms with Gasteiger partial charge in [-0.3, -0.25) is 0 Å².